The molecule has 1 aliphatic heterocycles. The molecular weight excluding hydrogens is 224 g/mol. The predicted octanol–water partition coefficient (Wildman–Crippen LogP) is 2.02. The summed E-state index contributed by atoms with van der Waals surface area (Å²) in [5.74, 6) is 0.900. The highest BCUT2D eigenvalue weighted by Gasteiger charge is 2.36. The van der Waals surface area contributed by atoms with Gasteiger partial charge in [0.2, 0.25) is 0 Å². The van der Waals surface area contributed by atoms with E-state index in [-0.39, 0.29) is 0 Å². The largest absolute Gasteiger partial charge is 0.380 e. The van der Waals surface area contributed by atoms with Gasteiger partial charge in [-0.15, -0.1) is 0 Å². The van der Waals surface area contributed by atoms with Crippen LogP contribution in [0.25, 0.3) is 0 Å². The van der Waals surface area contributed by atoms with Gasteiger partial charge in [-0.3, -0.25) is 4.90 Å². The minimum absolute atomic E-state index is 0.451. The zero-order valence-corrected chi connectivity index (χ0v) is 11.6. The Morgan fingerprint density at radius 1 is 1.17 bits per heavy atom. The van der Waals surface area contributed by atoms with Crippen molar-refractivity contribution >= 4 is 0 Å². The summed E-state index contributed by atoms with van der Waals surface area (Å²) in [5, 5.41) is 3.82. The van der Waals surface area contributed by atoms with Gasteiger partial charge in [0.05, 0.1) is 6.61 Å². The molecule has 0 radical (unpaired) electrons. The summed E-state index contributed by atoms with van der Waals surface area (Å²) in [4.78, 5) is 2.64. The molecule has 0 aromatic carbocycles. The first-order chi connectivity index (χ1) is 8.86. The van der Waals surface area contributed by atoms with E-state index in [1.807, 2.05) is 0 Å². The fourth-order valence-electron chi connectivity index (χ4n) is 3.52. The second-order valence-electron chi connectivity index (χ2n) is 6.56. The maximum absolute atomic E-state index is 5.79. The van der Waals surface area contributed by atoms with Crippen molar-refractivity contribution in [2.24, 2.45) is 5.92 Å². The fraction of sp³-hybridized carbons (Fsp3) is 1.00. The normalized spacial score (nSPS) is 28.7. The van der Waals surface area contributed by atoms with Gasteiger partial charge in [-0.1, -0.05) is 12.8 Å². The van der Waals surface area contributed by atoms with Crippen molar-refractivity contribution < 1.29 is 4.74 Å². The standard InChI is InChI=1S/C15H28N2O/c1-2-7-15(6-1)13-17(9-3-8-16-15)10-11-18-12-14-4-5-14/h14,16H,1-13H2. The lowest BCUT2D eigenvalue weighted by molar-refractivity contribution is 0.0895. The smallest absolute Gasteiger partial charge is 0.0593 e. The van der Waals surface area contributed by atoms with Gasteiger partial charge in [0.1, 0.15) is 0 Å². The SMILES string of the molecule is C1CNC2(CCCC2)CN(CCOCC2CC2)C1. The molecule has 3 fully saturated rings. The van der Waals surface area contributed by atoms with Crippen molar-refractivity contribution in [2.45, 2.75) is 50.5 Å². The van der Waals surface area contributed by atoms with Gasteiger partial charge in [0.15, 0.2) is 0 Å². The third-order valence-electron chi connectivity index (χ3n) is 4.84. The monoisotopic (exact) mass is 252 g/mol. The molecule has 0 amide bonds. The molecule has 1 N–H and O–H groups in total. The van der Waals surface area contributed by atoms with E-state index in [1.54, 1.807) is 0 Å². The Balaban J connectivity index is 1.41. The molecule has 1 heterocycles. The molecule has 3 heteroatoms. The van der Waals surface area contributed by atoms with Crippen molar-refractivity contribution in [3.05, 3.63) is 0 Å². The molecule has 0 aromatic heterocycles. The van der Waals surface area contributed by atoms with Crippen LogP contribution in [0, 0.1) is 5.92 Å². The minimum Gasteiger partial charge on any atom is -0.380 e. The summed E-state index contributed by atoms with van der Waals surface area (Å²) in [5.41, 5.74) is 0.451. The summed E-state index contributed by atoms with van der Waals surface area (Å²) in [6.45, 7) is 6.79. The Morgan fingerprint density at radius 3 is 2.78 bits per heavy atom. The van der Waals surface area contributed by atoms with Crippen LogP contribution in [-0.4, -0.2) is 49.8 Å². The number of nitrogens with zero attached hydrogens (tertiary/aromatic N) is 1. The number of hydrogen-bond donors (Lipinski definition) is 1. The van der Waals surface area contributed by atoms with E-state index in [4.69, 9.17) is 4.74 Å². The molecule has 2 aliphatic carbocycles. The molecule has 1 spiro atoms. The Bertz CT molecular complexity index is 259. The first-order valence-electron chi connectivity index (χ1n) is 7.91. The zero-order valence-electron chi connectivity index (χ0n) is 11.6. The minimum atomic E-state index is 0.451. The van der Waals surface area contributed by atoms with Gasteiger partial charge in [-0.2, -0.15) is 0 Å². The van der Waals surface area contributed by atoms with Gasteiger partial charge in [0, 0.05) is 25.2 Å². The molecule has 3 nitrogen and oxygen atoms in total. The van der Waals surface area contributed by atoms with E-state index in [2.05, 4.69) is 10.2 Å². The van der Waals surface area contributed by atoms with E-state index in [0.717, 1.165) is 25.7 Å². The van der Waals surface area contributed by atoms with Crippen LogP contribution in [-0.2, 0) is 4.74 Å². The molecule has 0 unspecified atom stereocenters. The number of rotatable bonds is 5. The molecule has 0 atom stereocenters. The Morgan fingerprint density at radius 2 is 2.00 bits per heavy atom. The number of ether oxygens (including phenoxy) is 1. The van der Waals surface area contributed by atoms with Gasteiger partial charge < -0.3 is 10.1 Å². The summed E-state index contributed by atoms with van der Waals surface area (Å²) in [6.07, 6.45) is 9.69. The van der Waals surface area contributed by atoms with Gasteiger partial charge in [-0.05, 0) is 51.1 Å². The quantitative estimate of drug-likeness (QED) is 0.758. The first-order valence-corrected chi connectivity index (χ1v) is 7.91. The average Bonchev–Trinajstić information content (AvgIpc) is 3.11. The van der Waals surface area contributed by atoms with Crippen LogP contribution in [0.5, 0.6) is 0 Å². The summed E-state index contributed by atoms with van der Waals surface area (Å²) in [6, 6.07) is 0. The first kappa shape index (κ1) is 12.9. The number of hydrogen-bond acceptors (Lipinski definition) is 3. The maximum Gasteiger partial charge on any atom is 0.0593 e. The van der Waals surface area contributed by atoms with Crippen molar-refractivity contribution in [2.75, 3.05) is 39.4 Å². The third-order valence-corrected chi connectivity index (χ3v) is 4.84. The van der Waals surface area contributed by atoms with Gasteiger partial charge in [-0.25, -0.2) is 0 Å². The van der Waals surface area contributed by atoms with Gasteiger partial charge in [0.25, 0.3) is 0 Å². The Labute approximate surface area is 111 Å². The zero-order chi connectivity index (χ0) is 12.3. The molecule has 0 bridgehead atoms. The fourth-order valence-corrected chi connectivity index (χ4v) is 3.52. The lowest BCUT2D eigenvalue weighted by Gasteiger charge is -2.33. The molecule has 0 aromatic rings. The third kappa shape index (κ3) is 3.46. The second-order valence-corrected chi connectivity index (χ2v) is 6.56. The van der Waals surface area contributed by atoms with Crippen LogP contribution in [0.15, 0.2) is 0 Å². The summed E-state index contributed by atoms with van der Waals surface area (Å²) in [7, 11) is 0. The van der Waals surface area contributed by atoms with E-state index in [0.29, 0.717) is 5.54 Å². The lowest BCUT2D eigenvalue weighted by Crippen LogP contribution is -2.49. The van der Waals surface area contributed by atoms with Crippen LogP contribution < -0.4 is 5.32 Å². The van der Waals surface area contributed by atoms with E-state index in [1.165, 1.54) is 64.6 Å². The lowest BCUT2D eigenvalue weighted by atomic mass is 9.97. The van der Waals surface area contributed by atoms with Crippen molar-refractivity contribution in [3.63, 3.8) is 0 Å². The van der Waals surface area contributed by atoms with E-state index >= 15 is 0 Å². The average molecular weight is 252 g/mol. The highest BCUT2D eigenvalue weighted by atomic mass is 16.5. The molecule has 18 heavy (non-hydrogen) atoms. The molecule has 2 saturated carbocycles. The maximum atomic E-state index is 5.79. The van der Waals surface area contributed by atoms with Crippen molar-refractivity contribution in [3.8, 4) is 0 Å². The van der Waals surface area contributed by atoms with E-state index < -0.39 is 0 Å². The molecule has 1 saturated heterocycles. The molecule has 104 valence electrons. The Hall–Kier alpha value is -0.120. The highest BCUT2D eigenvalue weighted by Crippen LogP contribution is 2.31. The topological polar surface area (TPSA) is 24.5 Å². The highest BCUT2D eigenvalue weighted by molar-refractivity contribution is 4.96. The van der Waals surface area contributed by atoms with Crippen LogP contribution in [0.1, 0.15) is 44.9 Å². The summed E-state index contributed by atoms with van der Waals surface area (Å²) < 4.78 is 5.79. The van der Waals surface area contributed by atoms with E-state index in [9.17, 15) is 0 Å². The number of nitrogens with one attached hydrogen (secondary N) is 1. The molecule has 3 aliphatic rings. The predicted molar refractivity (Wildman–Crippen MR) is 73.8 cm³/mol. The molecule has 3 rings (SSSR count). The van der Waals surface area contributed by atoms with Crippen molar-refractivity contribution in [1.29, 1.82) is 0 Å². The van der Waals surface area contributed by atoms with Crippen LogP contribution in [0.2, 0.25) is 0 Å². The van der Waals surface area contributed by atoms with Crippen LogP contribution in [0.3, 0.4) is 0 Å². The van der Waals surface area contributed by atoms with Crippen molar-refractivity contribution in [1.82, 2.24) is 10.2 Å². The van der Waals surface area contributed by atoms with Crippen LogP contribution >= 0.6 is 0 Å². The molecular formula is C15H28N2O. The summed E-state index contributed by atoms with van der Waals surface area (Å²) >= 11 is 0. The van der Waals surface area contributed by atoms with Crippen LogP contribution in [0.4, 0.5) is 0 Å². The Kier molecular flexibility index (Phi) is 4.22. The second kappa shape index (κ2) is 5.89. The van der Waals surface area contributed by atoms with Gasteiger partial charge >= 0.3 is 0 Å².